The fraction of sp³-hybridized carbons (Fsp3) is 0.333. The zero-order valence-electron chi connectivity index (χ0n) is 16.3. The third-order valence-corrected chi connectivity index (χ3v) is 6.29. The Balaban J connectivity index is 1.50. The van der Waals surface area contributed by atoms with Crippen molar-refractivity contribution in [3.63, 3.8) is 0 Å². The number of nitrogens with zero attached hydrogens (tertiary/aromatic N) is 3. The molecule has 0 saturated carbocycles. The molecule has 0 radical (unpaired) electrons. The number of hydrogen-bond acceptors (Lipinski definition) is 6. The second-order valence-corrected chi connectivity index (χ2v) is 8.33. The molecule has 1 aromatic carbocycles. The number of thiophene rings is 1. The van der Waals surface area contributed by atoms with E-state index >= 15 is 0 Å². The van der Waals surface area contributed by atoms with E-state index in [4.69, 9.17) is 4.74 Å². The number of hydrogen-bond donors (Lipinski definition) is 1. The van der Waals surface area contributed by atoms with Gasteiger partial charge in [-0.1, -0.05) is 19.1 Å². The van der Waals surface area contributed by atoms with Crippen LogP contribution < -0.4 is 15.7 Å². The van der Waals surface area contributed by atoms with E-state index in [0.29, 0.717) is 17.1 Å². The van der Waals surface area contributed by atoms with Crippen LogP contribution in [0.4, 0.5) is 0 Å². The number of benzene rings is 1. The van der Waals surface area contributed by atoms with Crippen molar-refractivity contribution in [2.75, 3.05) is 7.11 Å². The van der Waals surface area contributed by atoms with Gasteiger partial charge in [0.1, 0.15) is 17.1 Å². The van der Waals surface area contributed by atoms with Crippen molar-refractivity contribution in [3.8, 4) is 5.75 Å². The predicted molar refractivity (Wildman–Crippen MR) is 114 cm³/mol. The van der Waals surface area contributed by atoms with E-state index in [2.05, 4.69) is 22.4 Å². The molecule has 0 saturated heterocycles. The van der Waals surface area contributed by atoms with Crippen LogP contribution in [0.15, 0.2) is 40.5 Å². The Morgan fingerprint density at radius 1 is 1.45 bits per heavy atom. The maximum Gasteiger partial charge on any atom is 0.262 e. The normalized spacial score (nSPS) is 16.1. The summed E-state index contributed by atoms with van der Waals surface area (Å²) in [5, 5.41) is 4.64. The lowest BCUT2D eigenvalue weighted by Crippen LogP contribution is -2.30. The van der Waals surface area contributed by atoms with Gasteiger partial charge in [0, 0.05) is 10.4 Å². The molecule has 1 atom stereocenters. The van der Waals surface area contributed by atoms with Crippen molar-refractivity contribution >= 4 is 33.7 Å². The predicted octanol–water partition coefficient (Wildman–Crippen LogP) is 2.74. The van der Waals surface area contributed by atoms with Gasteiger partial charge >= 0.3 is 0 Å². The largest absolute Gasteiger partial charge is 0.496 e. The summed E-state index contributed by atoms with van der Waals surface area (Å²) in [6.45, 7) is 2.10. The van der Waals surface area contributed by atoms with Crippen LogP contribution in [0.3, 0.4) is 0 Å². The smallest absolute Gasteiger partial charge is 0.262 e. The van der Waals surface area contributed by atoms with Crippen LogP contribution in [-0.4, -0.2) is 28.8 Å². The van der Waals surface area contributed by atoms with Crippen LogP contribution in [-0.2, 0) is 24.2 Å². The third kappa shape index (κ3) is 3.93. The fourth-order valence-electron chi connectivity index (χ4n) is 3.62. The maximum atomic E-state index is 13.0. The zero-order chi connectivity index (χ0) is 20.4. The van der Waals surface area contributed by atoms with Crippen molar-refractivity contribution in [1.29, 1.82) is 0 Å². The quantitative estimate of drug-likeness (QED) is 0.518. The summed E-state index contributed by atoms with van der Waals surface area (Å²) in [6, 6.07) is 7.35. The summed E-state index contributed by atoms with van der Waals surface area (Å²) >= 11 is 1.60. The van der Waals surface area contributed by atoms with Gasteiger partial charge in [0.25, 0.3) is 11.5 Å². The van der Waals surface area contributed by atoms with Gasteiger partial charge in [-0.3, -0.25) is 14.2 Å². The standard InChI is InChI=1S/C21H22N4O3S/c1-13-7-8-15-17(9-13)29-20-19(15)21(27)25(12-22-20)11-18(26)24-23-10-14-5-3-4-6-16(14)28-2/h3-6,10,12-13H,7-9,11H2,1-2H3,(H,24,26)/b23-10+/t13-/m1/s1. The number of ether oxygens (including phenoxy) is 1. The molecule has 1 amide bonds. The van der Waals surface area contributed by atoms with Gasteiger partial charge < -0.3 is 4.74 Å². The molecule has 150 valence electrons. The monoisotopic (exact) mass is 410 g/mol. The van der Waals surface area contributed by atoms with E-state index < -0.39 is 5.91 Å². The summed E-state index contributed by atoms with van der Waals surface area (Å²) < 4.78 is 6.59. The van der Waals surface area contributed by atoms with Crippen molar-refractivity contribution < 1.29 is 9.53 Å². The highest BCUT2D eigenvalue weighted by atomic mass is 32.1. The Labute approximate surface area is 172 Å². The molecule has 0 aliphatic heterocycles. The molecule has 1 aliphatic carbocycles. The summed E-state index contributed by atoms with van der Waals surface area (Å²) in [4.78, 5) is 31.7. The van der Waals surface area contributed by atoms with Crippen LogP contribution in [0.2, 0.25) is 0 Å². The van der Waals surface area contributed by atoms with Gasteiger partial charge in [-0.25, -0.2) is 10.4 Å². The number of aryl methyl sites for hydroxylation is 1. The highest BCUT2D eigenvalue weighted by Crippen LogP contribution is 2.35. The third-order valence-electron chi connectivity index (χ3n) is 5.13. The molecule has 3 aromatic rings. The van der Waals surface area contributed by atoms with Crippen molar-refractivity contribution in [3.05, 3.63) is 57.0 Å². The molecule has 7 nitrogen and oxygen atoms in total. The average Bonchev–Trinajstić information content (AvgIpc) is 3.08. The molecule has 4 rings (SSSR count). The molecule has 0 bridgehead atoms. The van der Waals surface area contributed by atoms with Crippen LogP contribution in [0.25, 0.3) is 10.2 Å². The molecular weight excluding hydrogens is 388 g/mol. The minimum Gasteiger partial charge on any atom is -0.496 e. The first kappa shape index (κ1) is 19.3. The molecule has 0 spiro atoms. The molecule has 0 fully saturated rings. The van der Waals surface area contributed by atoms with E-state index in [1.165, 1.54) is 22.0 Å². The van der Waals surface area contributed by atoms with Gasteiger partial charge in [0.2, 0.25) is 0 Å². The summed E-state index contributed by atoms with van der Waals surface area (Å²) in [5.41, 5.74) is 4.16. The number of amides is 1. The molecule has 8 heteroatoms. The van der Waals surface area contributed by atoms with E-state index in [1.54, 1.807) is 18.4 Å². The zero-order valence-corrected chi connectivity index (χ0v) is 17.2. The second kappa shape index (κ2) is 8.16. The molecule has 29 heavy (non-hydrogen) atoms. The Hall–Kier alpha value is -3.00. The van der Waals surface area contributed by atoms with Gasteiger partial charge in [-0.15, -0.1) is 11.3 Å². The topological polar surface area (TPSA) is 85.6 Å². The Morgan fingerprint density at radius 3 is 3.10 bits per heavy atom. The highest BCUT2D eigenvalue weighted by Gasteiger charge is 2.23. The van der Waals surface area contributed by atoms with Crippen LogP contribution in [0.1, 0.15) is 29.3 Å². The van der Waals surface area contributed by atoms with E-state index in [0.717, 1.165) is 35.2 Å². The molecular formula is C21H22N4O3S. The molecule has 2 aromatic heterocycles. The van der Waals surface area contributed by atoms with Gasteiger partial charge in [0.15, 0.2) is 0 Å². The maximum absolute atomic E-state index is 13.0. The van der Waals surface area contributed by atoms with Crippen molar-refractivity contribution in [1.82, 2.24) is 15.0 Å². The lowest BCUT2D eigenvalue weighted by Gasteiger charge is -2.17. The summed E-state index contributed by atoms with van der Waals surface area (Å²) in [5.74, 6) is 0.898. The number of fused-ring (bicyclic) bond motifs is 3. The summed E-state index contributed by atoms with van der Waals surface area (Å²) in [7, 11) is 1.57. The van der Waals surface area contributed by atoms with E-state index in [9.17, 15) is 9.59 Å². The van der Waals surface area contributed by atoms with Gasteiger partial charge in [-0.2, -0.15) is 5.10 Å². The highest BCUT2D eigenvalue weighted by molar-refractivity contribution is 7.18. The van der Waals surface area contributed by atoms with Crippen molar-refractivity contribution in [2.45, 2.75) is 32.7 Å². The number of aromatic nitrogens is 2. The second-order valence-electron chi connectivity index (χ2n) is 7.24. The SMILES string of the molecule is COc1ccccc1/C=N/NC(=O)Cn1cnc2sc3c(c2c1=O)CC[C@@H](C)C3. The van der Waals surface area contributed by atoms with E-state index in [1.807, 2.05) is 24.3 Å². The van der Waals surface area contributed by atoms with Gasteiger partial charge in [0.05, 0.1) is 25.0 Å². The number of hydrazone groups is 1. The molecule has 1 N–H and O–H groups in total. The van der Waals surface area contributed by atoms with Crippen molar-refractivity contribution in [2.24, 2.45) is 11.0 Å². The van der Waals surface area contributed by atoms with Gasteiger partial charge in [-0.05, 0) is 42.9 Å². The number of carbonyl (C=O) groups is 1. The first-order valence-corrected chi connectivity index (χ1v) is 10.3. The van der Waals surface area contributed by atoms with E-state index in [-0.39, 0.29) is 12.1 Å². The van der Waals surface area contributed by atoms with Crippen LogP contribution in [0.5, 0.6) is 5.75 Å². The molecule has 0 unspecified atom stereocenters. The Morgan fingerprint density at radius 2 is 2.28 bits per heavy atom. The number of para-hydroxylation sites is 1. The number of rotatable bonds is 5. The minimum absolute atomic E-state index is 0.133. The first-order chi connectivity index (χ1) is 14.1. The Kier molecular flexibility index (Phi) is 5.44. The minimum atomic E-state index is -0.392. The number of carbonyl (C=O) groups excluding carboxylic acids is 1. The fourth-order valence-corrected chi connectivity index (χ4v) is 4.96. The van der Waals surface area contributed by atoms with Crippen LogP contribution in [0, 0.1) is 5.92 Å². The lowest BCUT2D eigenvalue weighted by atomic mass is 9.89. The number of methoxy groups -OCH3 is 1. The first-order valence-electron chi connectivity index (χ1n) is 9.51. The Bertz CT molecular complexity index is 1150. The summed E-state index contributed by atoms with van der Waals surface area (Å²) in [6.07, 6.45) is 5.92. The van der Waals surface area contributed by atoms with Crippen LogP contribution >= 0.6 is 11.3 Å². The molecule has 1 aliphatic rings. The molecule has 2 heterocycles. The lowest BCUT2D eigenvalue weighted by molar-refractivity contribution is -0.121. The average molecular weight is 410 g/mol. The number of nitrogens with one attached hydrogen (secondary N) is 1.